The molecule has 1 aromatic rings. The zero-order valence-electron chi connectivity index (χ0n) is 11.4. The summed E-state index contributed by atoms with van der Waals surface area (Å²) in [5, 5.41) is 0.262. The van der Waals surface area contributed by atoms with Crippen LogP contribution in [0.5, 0.6) is 0 Å². The summed E-state index contributed by atoms with van der Waals surface area (Å²) in [6.07, 6.45) is 3.00. The Morgan fingerprint density at radius 3 is 2.80 bits per heavy atom. The third-order valence-corrected chi connectivity index (χ3v) is 3.81. The predicted molar refractivity (Wildman–Crippen MR) is 75.4 cm³/mol. The van der Waals surface area contributed by atoms with Crippen LogP contribution in [0.1, 0.15) is 43.0 Å². The maximum Gasteiger partial charge on any atom is 0.257 e. The second-order valence-electron chi connectivity index (χ2n) is 5.18. The second-order valence-corrected chi connectivity index (χ2v) is 5.61. The van der Waals surface area contributed by atoms with Crippen molar-refractivity contribution in [2.24, 2.45) is 0 Å². The maximum absolute atomic E-state index is 13.8. The van der Waals surface area contributed by atoms with Gasteiger partial charge in [-0.25, -0.2) is 4.39 Å². The van der Waals surface area contributed by atoms with Gasteiger partial charge in [0.25, 0.3) is 5.91 Å². The summed E-state index contributed by atoms with van der Waals surface area (Å²) in [7, 11) is 0. The Hall–Kier alpha value is -1.42. The Morgan fingerprint density at radius 1 is 1.40 bits per heavy atom. The van der Waals surface area contributed by atoms with Crippen LogP contribution in [0.25, 0.3) is 0 Å². The quantitative estimate of drug-likeness (QED) is 0.857. The third kappa shape index (κ3) is 3.37. The van der Waals surface area contributed by atoms with Crippen LogP contribution in [-0.4, -0.2) is 29.2 Å². The van der Waals surface area contributed by atoms with E-state index < -0.39 is 5.82 Å². The Balaban J connectivity index is 2.22. The highest BCUT2D eigenvalue weighted by Crippen LogP contribution is 2.24. The predicted octanol–water partition coefficient (Wildman–Crippen LogP) is 3.45. The zero-order chi connectivity index (χ0) is 14.7. The molecule has 1 fully saturated rings. The van der Waals surface area contributed by atoms with Gasteiger partial charge < -0.3 is 4.90 Å². The fraction of sp³-hybridized carbons (Fsp3) is 0.467. The normalized spacial score (nSPS) is 18.9. The first-order valence-corrected chi connectivity index (χ1v) is 7.12. The topological polar surface area (TPSA) is 37.4 Å². The van der Waals surface area contributed by atoms with Crippen LogP contribution in [-0.2, 0) is 4.79 Å². The molecule has 1 aromatic carbocycles. The number of nitrogens with zero attached hydrogens (tertiary/aromatic N) is 1. The molecule has 0 saturated carbocycles. The van der Waals surface area contributed by atoms with Gasteiger partial charge in [0.2, 0.25) is 0 Å². The van der Waals surface area contributed by atoms with Gasteiger partial charge >= 0.3 is 0 Å². The van der Waals surface area contributed by atoms with Gasteiger partial charge in [0.05, 0.1) is 5.56 Å². The molecule has 1 unspecified atom stereocenters. The molecule has 3 nitrogen and oxygen atoms in total. The molecule has 0 aliphatic carbocycles. The van der Waals surface area contributed by atoms with Crippen molar-refractivity contribution in [3.63, 3.8) is 0 Å². The van der Waals surface area contributed by atoms with E-state index in [2.05, 4.69) is 0 Å². The van der Waals surface area contributed by atoms with E-state index in [4.69, 9.17) is 11.6 Å². The van der Waals surface area contributed by atoms with Gasteiger partial charge in [-0.15, -0.1) is 0 Å². The Labute approximate surface area is 122 Å². The van der Waals surface area contributed by atoms with Crippen molar-refractivity contribution < 1.29 is 14.0 Å². The Bertz CT molecular complexity index is 533. The van der Waals surface area contributed by atoms with Crippen LogP contribution in [0.2, 0.25) is 5.02 Å². The highest BCUT2D eigenvalue weighted by Gasteiger charge is 2.29. The molecular weight excluding hydrogens is 281 g/mol. The lowest BCUT2D eigenvalue weighted by molar-refractivity contribution is -0.118. The number of Topliss-reactive ketones (excluding diaryl/α,β-unsaturated/α-hetero) is 1. The maximum atomic E-state index is 13.8. The summed E-state index contributed by atoms with van der Waals surface area (Å²) in [5.74, 6) is -0.925. The largest absolute Gasteiger partial charge is 0.335 e. The van der Waals surface area contributed by atoms with Gasteiger partial charge in [-0.2, -0.15) is 0 Å². The number of benzene rings is 1. The van der Waals surface area contributed by atoms with Crippen LogP contribution in [0.15, 0.2) is 18.2 Å². The molecule has 1 aliphatic rings. The summed E-state index contributed by atoms with van der Waals surface area (Å²) in [4.78, 5) is 25.4. The molecule has 20 heavy (non-hydrogen) atoms. The molecule has 1 heterocycles. The molecule has 5 heteroatoms. The summed E-state index contributed by atoms with van der Waals surface area (Å²) < 4.78 is 13.8. The minimum Gasteiger partial charge on any atom is -0.335 e. The smallest absolute Gasteiger partial charge is 0.257 e. The van der Waals surface area contributed by atoms with E-state index in [0.717, 1.165) is 25.3 Å². The van der Waals surface area contributed by atoms with Crippen LogP contribution in [0, 0.1) is 5.82 Å². The Morgan fingerprint density at radius 2 is 2.15 bits per heavy atom. The molecule has 0 radical (unpaired) electrons. The molecule has 0 N–H and O–H groups in total. The van der Waals surface area contributed by atoms with Gasteiger partial charge in [0.1, 0.15) is 11.6 Å². The Kier molecular flexibility index (Phi) is 4.76. The van der Waals surface area contributed by atoms with Gasteiger partial charge in [0, 0.05) is 24.0 Å². The van der Waals surface area contributed by atoms with Crippen molar-refractivity contribution in [1.29, 1.82) is 0 Å². The summed E-state index contributed by atoms with van der Waals surface area (Å²) in [6, 6.07) is 3.92. The van der Waals surface area contributed by atoms with Crippen LogP contribution in [0.3, 0.4) is 0 Å². The lowest BCUT2D eigenvalue weighted by atomic mass is 9.96. The molecule has 1 atom stereocenters. The third-order valence-electron chi connectivity index (χ3n) is 3.57. The number of amides is 1. The van der Waals surface area contributed by atoms with E-state index in [1.165, 1.54) is 19.1 Å². The average Bonchev–Trinajstić information content (AvgIpc) is 2.38. The number of hydrogen-bond donors (Lipinski definition) is 0. The number of ketones is 1. The first kappa shape index (κ1) is 15.0. The fourth-order valence-corrected chi connectivity index (χ4v) is 2.79. The van der Waals surface area contributed by atoms with E-state index in [9.17, 15) is 14.0 Å². The average molecular weight is 298 g/mol. The minimum atomic E-state index is -0.616. The lowest BCUT2D eigenvalue weighted by Crippen LogP contribution is -2.44. The molecule has 0 bridgehead atoms. The van der Waals surface area contributed by atoms with Crippen LogP contribution in [0.4, 0.5) is 4.39 Å². The molecule has 2 rings (SSSR count). The highest BCUT2D eigenvalue weighted by atomic mass is 35.5. The number of likely N-dealkylation sites (tertiary alicyclic amines) is 1. The van der Waals surface area contributed by atoms with E-state index >= 15 is 0 Å². The molecule has 0 spiro atoms. The molecule has 1 aliphatic heterocycles. The van der Waals surface area contributed by atoms with Crippen molar-refractivity contribution in [2.45, 2.75) is 38.6 Å². The van der Waals surface area contributed by atoms with Crippen molar-refractivity contribution in [3.8, 4) is 0 Å². The highest BCUT2D eigenvalue weighted by molar-refractivity contribution is 6.30. The van der Waals surface area contributed by atoms with E-state index in [1.807, 2.05) is 0 Å². The van der Waals surface area contributed by atoms with Crippen molar-refractivity contribution in [2.75, 3.05) is 6.54 Å². The number of carbonyl (C=O) groups excluding carboxylic acids is 2. The van der Waals surface area contributed by atoms with Gasteiger partial charge in [-0.05, 0) is 44.4 Å². The lowest BCUT2D eigenvalue weighted by Gasteiger charge is -2.35. The molecule has 1 amide bonds. The summed E-state index contributed by atoms with van der Waals surface area (Å²) in [5.41, 5.74) is 0.0184. The van der Waals surface area contributed by atoms with E-state index in [0.29, 0.717) is 13.0 Å². The first-order valence-electron chi connectivity index (χ1n) is 6.74. The van der Waals surface area contributed by atoms with Crippen molar-refractivity contribution in [1.82, 2.24) is 4.90 Å². The summed E-state index contributed by atoms with van der Waals surface area (Å²) in [6.45, 7) is 2.08. The van der Waals surface area contributed by atoms with Gasteiger partial charge in [-0.1, -0.05) is 11.6 Å². The molecular formula is C15H17ClFNO2. The minimum absolute atomic E-state index is 0.0184. The molecule has 1 saturated heterocycles. The monoisotopic (exact) mass is 297 g/mol. The first-order chi connectivity index (χ1) is 9.49. The number of carbonyl (C=O) groups is 2. The van der Waals surface area contributed by atoms with Crippen LogP contribution < -0.4 is 0 Å². The SMILES string of the molecule is CC(=O)CC1CCCCN1C(=O)c1ccc(Cl)cc1F. The van der Waals surface area contributed by atoms with Crippen molar-refractivity contribution in [3.05, 3.63) is 34.6 Å². The van der Waals surface area contributed by atoms with E-state index in [1.54, 1.807) is 4.90 Å². The summed E-state index contributed by atoms with van der Waals surface area (Å²) >= 11 is 5.70. The van der Waals surface area contributed by atoms with E-state index in [-0.39, 0.29) is 28.3 Å². The number of halogens is 2. The number of piperidine rings is 1. The molecule has 108 valence electrons. The number of rotatable bonds is 3. The fourth-order valence-electron chi connectivity index (χ4n) is 2.63. The van der Waals surface area contributed by atoms with Crippen LogP contribution >= 0.6 is 11.6 Å². The molecule has 0 aromatic heterocycles. The van der Waals surface area contributed by atoms with Gasteiger partial charge in [-0.3, -0.25) is 9.59 Å². The van der Waals surface area contributed by atoms with Gasteiger partial charge in [0.15, 0.2) is 0 Å². The zero-order valence-corrected chi connectivity index (χ0v) is 12.1. The van der Waals surface area contributed by atoms with Crippen molar-refractivity contribution >= 4 is 23.3 Å². The number of hydrogen-bond acceptors (Lipinski definition) is 2. The standard InChI is InChI=1S/C15H17ClFNO2/c1-10(19)8-12-4-2-3-7-18(12)15(20)13-6-5-11(16)9-14(13)17/h5-6,9,12H,2-4,7-8H2,1H3. The second kappa shape index (κ2) is 6.35.